The van der Waals surface area contributed by atoms with Gasteiger partial charge in [-0.15, -0.1) is 0 Å². The van der Waals surface area contributed by atoms with E-state index in [2.05, 4.69) is 18.2 Å². The molecule has 1 fully saturated rings. The van der Waals surface area contributed by atoms with Crippen LogP contribution in [0.25, 0.3) is 0 Å². The molecule has 4 bridgehead atoms. The third-order valence-corrected chi connectivity index (χ3v) is 5.76. The molecule has 1 saturated carbocycles. The molecule has 0 radical (unpaired) electrons. The smallest absolute Gasteiger partial charge is 0.134 e. The van der Waals surface area contributed by atoms with Gasteiger partial charge in [0.2, 0.25) is 0 Å². The van der Waals surface area contributed by atoms with Crippen molar-refractivity contribution in [2.45, 2.75) is 23.9 Å². The third kappa shape index (κ3) is 0.787. The third-order valence-electron chi connectivity index (χ3n) is 5.76. The molecule has 96 valence electrons. The Bertz CT molecular complexity index is 805. The molecule has 2 aromatic carbocycles. The lowest BCUT2D eigenvalue weighted by atomic mass is 9.43. The Hall–Kier alpha value is -2.11. The van der Waals surface area contributed by atoms with Crippen LogP contribution < -0.4 is 0 Å². The lowest BCUT2D eigenvalue weighted by molar-refractivity contribution is -0.0918. The molecule has 0 aromatic heterocycles. The van der Waals surface area contributed by atoms with Crippen molar-refractivity contribution in [1.82, 2.24) is 0 Å². The van der Waals surface area contributed by atoms with Crippen LogP contribution in [0.1, 0.15) is 40.5 Å². The highest BCUT2D eigenvalue weighted by Gasteiger charge is 2.75. The zero-order valence-corrected chi connectivity index (χ0v) is 10.9. The van der Waals surface area contributed by atoms with Crippen molar-refractivity contribution in [1.29, 1.82) is 5.26 Å². The van der Waals surface area contributed by atoms with Crippen LogP contribution >= 0.6 is 0 Å². The SMILES string of the molecule is N#CC12CC3c4ccccc4C1(O)c1ccccc1C32. The van der Waals surface area contributed by atoms with Gasteiger partial charge in [-0.05, 0) is 34.6 Å². The largest absolute Gasteiger partial charge is 0.379 e. The number of benzene rings is 2. The number of fused-ring (bicyclic) bond motifs is 5. The van der Waals surface area contributed by atoms with Gasteiger partial charge >= 0.3 is 0 Å². The zero-order valence-electron chi connectivity index (χ0n) is 10.9. The number of aliphatic hydroxyl groups is 1. The molecule has 0 spiro atoms. The topological polar surface area (TPSA) is 44.0 Å². The molecule has 2 nitrogen and oxygen atoms in total. The second-order valence-electron chi connectivity index (χ2n) is 6.26. The molecule has 0 aliphatic heterocycles. The lowest BCUT2D eigenvalue weighted by Gasteiger charge is -2.58. The van der Waals surface area contributed by atoms with Gasteiger partial charge in [-0.2, -0.15) is 5.26 Å². The molecule has 4 atom stereocenters. The summed E-state index contributed by atoms with van der Waals surface area (Å²) in [5.74, 6) is 0.540. The van der Waals surface area contributed by atoms with Crippen LogP contribution in [0.15, 0.2) is 48.5 Å². The Balaban J connectivity index is 1.97. The van der Waals surface area contributed by atoms with E-state index in [1.54, 1.807) is 0 Å². The molecule has 20 heavy (non-hydrogen) atoms. The van der Waals surface area contributed by atoms with Crippen LogP contribution in [0.2, 0.25) is 0 Å². The van der Waals surface area contributed by atoms with Crippen LogP contribution in [-0.2, 0) is 5.60 Å². The van der Waals surface area contributed by atoms with Gasteiger partial charge in [-0.3, -0.25) is 0 Å². The van der Waals surface area contributed by atoms with Crippen molar-refractivity contribution in [2.75, 3.05) is 0 Å². The first kappa shape index (κ1) is 10.7. The Labute approximate surface area is 117 Å². The fourth-order valence-corrected chi connectivity index (χ4v) is 4.99. The summed E-state index contributed by atoms with van der Waals surface area (Å²) in [5.41, 5.74) is 2.50. The number of hydrogen-bond donors (Lipinski definition) is 1. The fourth-order valence-electron chi connectivity index (χ4n) is 4.99. The van der Waals surface area contributed by atoms with Gasteiger partial charge in [0.05, 0.1) is 6.07 Å². The van der Waals surface area contributed by atoms with E-state index in [-0.39, 0.29) is 5.92 Å². The van der Waals surface area contributed by atoms with E-state index in [1.165, 1.54) is 11.1 Å². The minimum atomic E-state index is -1.13. The van der Waals surface area contributed by atoms with Crippen molar-refractivity contribution >= 4 is 0 Å². The second kappa shape index (κ2) is 2.97. The van der Waals surface area contributed by atoms with Gasteiger partial charge in [0, 0.05) is 5.92 Å². The summed E-state index contributed by atoms with van der Waals surface area (Å²) in [6.07, 6.45) is 0.774. The minimum Gasteiger partial charge on any atom is -0.379 e. The highest BCUT2D eigenvalue weighted by Crippen LogP contribution is 2.78. The van der Waals surface area contributed by atoms with Crippen LogP contribution in [0.4, 0.5) is 0 Å². The van der Waals surface area contributed by atoms with Gasteiger partial charge in [-0.1, -0.05) is 48.5 Å². The van der Waals surface area contributed by atoms with Crippen molar-refractivity contribution in [2.24, 2.45) is 5.41 Å². The Morgan fingerprint density at radius 2 is 1.60 bits per heavy atom. The Morgan fingerprint density at radius 1 is 1.00 bits per heavy atom. The van der Waals surface area contributed by atoms with E-state index < -0.39 is 11.0 Å². The standard InChI is InChI=1S/C18H13NO/c19-10-17-9-13-11-5-1-3-7-14(11)18(17,20)15-8-4-2-6-12(15)16(13)17/h1-8,13,16,20H,9H2. The maximum absolute atomic E-state index is 11.6. The van der Waals surface area contributed by atoms with E-state index in [0.717, 1.165) is 17.5 Å². The molecular formula is C18H13NO. The number of hydrogen-bond acceptors (Lipinski definition) is 2. The lowest BCUT2D eigenvalue weighted by Crippen LogP contribution is -2.57. The van der Waals surface area contributed by atoms with Gasteiger partial charge in [0.15, 0.2) is 0 Å². The van der Waals surface area contributed by atoms with E-state index in [9.17, 15) is 10.4 Å². The summed E-state index contributed by atoms with van der Waals surface area (Å²) in [4.78, 5) is 0. The first-order valence-electron chi connectivity index (χ1n) is 7.06. The maximum atomic E-state index is 11.6. The predicted octanol–water partition coefficient (Wildman–Crippen LogP) is 3.03. The predicted molar refractivity (Wildman–Crippen MR) is 74.0 cm³/mol. The highest BCUT2D eigenvalue weighted by molar-refractivity contribution is 5.65. The first-order chi connectivity index (χ1) is 9.74. The van der Waals surface area contributed by atoms with E-state index >= 15 is 0 Å². The number of nitriles is 1. The Morgan fingerprint density at radius 3 is 2.30 bits per heavy atom. The summed E-state index contributed by atoms with van der Waals surface area (Å²) in [7, 11) is 0. The second-order valence-corrected chi connectivity index (χ2v) is 6.26. The molecule has 0 saturated heterocycles. The maximum Gasteiger partial charge on any atom is 0.134 e. The Kier molecular flexibility index (Phi) is 1.58. The molecule has 3 aliphatic carbocycles. The van der Waals surface area contributed by atoms with E-state index in [0.29, 0.717) is 5.92 Å². The first-order valence-corrected chi connectivity index (χ1v) is 7.06. The number of nitrogens with zero attached hydrogens (tertiary/aromatic N) is 1. The van der Waals surface area contributed by atoms with Gasteiger partial charge < -0.3 is 5.11 Å². The summed E-state index contributed by atoms with van der Waals surface area (Å²) in [6, 6.07) is 18.6. The molecule has 4 unspecified atom stereocenters. The van der Waals surface area contributed by atoms with Gasteiger partial charge in [0.25, 0.3) is 0 Å². The molecule has 0 heterocycles. The quantitative estimate of drug-likeness (QED) is 0.790. The normalized spacial score (nSPS) is 38.4. The number of rotatable bonds is 0. The highest BCUT2D eigenvalue weighted by atomic mass is 16.3. The van der Waals surface area contributed by atoms with Crippen LogP contribution in [0.5, 0.6) is 0 Å². The molecular weight excluding hydrogens is 246 g/mol. The monoisotopic (exact) mass is 259 g/mol. The fraction of sp³-hybridized carbons (Fsp3) is 0.278. The van der Waals surface area contributed by atoms with Gasteiger partial charge in [0.1, 0.15) is 11.0 Å². The summed E-state index contributed by atoms with van der Waals surface area (Å²) < 4.78 is 0. The van der Waals surface area contributed by atoms with Crippen molar-refractivity contribution in [3.8, 4) is 6.07 Å². The molecule has 3 aliphatic rings. The molecule has 5 rings (SSSR count). The summed E-state index contributed by atoms with van der Waals surface area (Å²) >= 11 is 0. The van der Waals surface area contributed by atoms with Crippen molar-refractivity contribution in [3.05, 3.63) is 70.8 Å². The van der Waals surface area contributed by atoms with Crippen LogP contribution in [-0.4, -0.2) is 5.11 Å². The minimum absolute atomic E-state index is 0.156. The van der Waals surface area contributed by atoms with Crippen LogP contribution in [0.3, 0.4) is 0 Å². The molecule has 2 aromatic rings. The molecule has 1 N–H and O–H groups in total. The average molecular weight is 259 g/mol. The van der Waals surface area contributed by atoms with E-state index in [4.69, 9.17) is 0 Å². The zero-order chi connectivity index (χ0) is 13.5. The van der Waals surface area contributed by atoms with E-state index in [1.807, 2.05) is 36.4 Å². The summed E-state index contributed by atoms with van der Waals surface area (Å²) in [6.45, 7) is 0. The summed E-state index contributed by atoms with van der Waals surface area (Å²) in [5, 5.41) is 21.4. The average Bonchev–Trinajstić information content (AvgIpc) is 2.58. The van der Waals surface area contributed by atoms with Crippen molar-refractivity contribution in [3.63, 3.8) is 0 Å². The molecule has 2 heteroatoms. The van der Waals surface area contributed by atoms with Gasteiger partial charge in [-0.25, -0.2) is 0 Å². The molecule has 0 amide bonds. The van der Waals surface area contributed by atoms with Crippen LogP contribution in [0, 0.1) is 16.7 Å². The van der Waals surface area contributed by atoms with Crippen molar-refractivity contribution < 1.29 is 5.11 Å².